The van der Waals surface area contributed by atoms with Gasteiger partial charge in [-0.2, -0.15) is 9.97 Å². The maximum atomic E-state index is 14.5. The molecule has 0 unspecified atom stereocenters. The van der Waals surface area contributed by atoms with Gasteiger partial charge in [-0.05, 0) is 75.9 Å². The molecule has 4 saturated heterocycles. The molecule has 258 valence electrons. The molecule has 3 aromatic rings. The van der Waals surface area contributed by atoms with Crippen molar-refractivity contribution in [1.29, 1.82) is 0 Å². The Morgan fingerprint density at radius 1 is 1.00 bits per heavy atom. The molecule has 48 heavy (non-hydrogen) atoms. The minimum atomic E-state index is -0.864. The molecule has 5 heterocycles. The average molecular weight is 665 g/mol. The van der Waals surface area contributed by atoms with Crippen LogP contribution >= 0.6 is 0 Å². The van der Waals surface area contributed by atoms with Crippen molar-refractivity contribution in [1.82, 2.24) is 24.8 Å². The molecule has 1 amide bonds. The Morgan fingerprint density at radius 2 is 1.75 bits per heavy atom. The second-order valence-corrected chi connectivity index (χ2v) is 14.4. The number of alkyl halides is 1. The van der Waals surface area contributed by atoms with E-state index in [9.17, 15) is 9.18 Å². The minimum absolute atomic E-state index is 0.0313. The first-order chi connectivity index (χ1) is 23.1. The Hall–Kier alpha value is -3.97. The normalized spacial score (nSPS) is 25.4. The van der Waals surface area contributed by atoms with Crippen LogP contribution < -0.4 is 19.1 Å². The van der Waals surface area contributed by atoms with Crippen LogP contribution in [0.2, 0.25) is 0 Å². The summed E-state index contributed by atoms with van der Waals surface area (Å²) in [5.41, 5.74) is -0.0303. The van der Waals surface area contributed by atoms with Crippen LogP contribution in [-0.4, -0.2) is 107 Å². The highest BCUT2D eigenvalue weighted by molar-refractivity contribution is 5.87. The molecule has 0 N–H and O–H groups in total. The highest BCUT2D eigenvalue weighted by Gasteiger charge is 2.50. The van der Waals surface area contributed by atoms with Gasteiger partial charge in [0.1, 0.15) is 30.7 Å². The molecule has 12 nitrogen and oxygen atoms in total. The summed E-state index contributed by atoms with van der Waals surface area (Å²) in [6.07, 6.45) is 2.92. The van der Waals surface area contributed by atoms with Crippen molar-refractivity contribution >= 4 is 22.8 Å². The maximum absolute atomic E-state index is 14.5. The van der Waals surface area contributed by atoms with E-state index < -0.39 is 11.8 Å². The van der Waals surface area contributed by atoms with Crippen LogP contribution in [0, 0.1) is 0 Å². The average Bonchev–Trinajstić information content (AvgIpc) is 3.67. The summed E-state index contributed by atoms with van der Waals surface area (Å²) in [6.45, 7) is 8.63. The lowest BCUT2D eigenvalue weighted by molar-refractivity contribution is 0.0122. The van der Waals surface area contributed by atoms with Crippen LogP contribution in [0.1, 0.15) is 58.4 Å². The first kappa shape index (κ1) is 32.6. The van der Waals surface area contributed by atoms with E-state index in [2.05, 4.69) is 14.8 Å². The van der Waals surface area contributed by atoms with E-state index in [4.69, 9.17) is 33.7 Å². The predicted molar refractivity (Wildman–Crippen MR) is 176 cm³/mol. The Kier molecular flexibility index (Phi) is 8.92. The van der Waals surface area contributed by atoms with Crippen LogP contribution in [-0.2, 0) is 16.1 Å². The molecule has 7 rings (SSSR count). The van der Waals surface area contributed by atoms with Crippen LogP contribution in [0.15, 0.2) is 36.4 Å². The van der Waals surface area contributed by atoms with Gasteiger partial charge < -0.3 is 28.6 Å². The zero-order valence-electron chi connectivity index (χ0n) is 28.2. The van der Waals surface area contributed by atoms with Crippen molar-refractivity contribution in [2.45, 2.75) is 88.9 Å². The Balaban J connectivity index is 1.15. The van der Waals surface area contributed by atoms with Gasteiger partial charge in [-0.3, -0.25) is 9.80 Å². The van der Waals surface area contributed by atoms with E-state index in [1.165, 1.54) is 0 Å². The molecule has 1 aromatic heterocycles. The fourth-order valence-corrected chi connectivity index (χ4v) is 7.76. The number of amides is 1. The number of hydrogen-bond acceptors (Lipinski definition) is 11. The second kappa shape index (κ2) is 13.1. The number of fused-ring (bicyclic) bond motifs is 4. The van der Waals surface area contributed by atoms with Gasteiger partial charge in [0.2, 0.25) is 5.95 Å². The molecular formula is C35H45FN6O6. The van der Waals surface area contributed by atoms with Gasteiger partial charge in [-0.1, -0.05) is 24.3 Å². The number of carbonyl (C=O) groups is 1. The lowest BCUT2D eigenvalue weighted by atomic mass is 9.95. The summed E-state index contributed by atoms with van der Waals surface area (Å²) in [7, 11) is 1.58. The molecule has 4 fully saturated rings. The van der Waals surface area contributed by atoms with Crippen LogP contribution in [0.3, 0.4) is 0 Å². The molecule has 0 saturated carbocycles. The molecule has 0 spiro atoms. The second-order valence-electron chi connectivity index (χ2n) is 14.4. The number of aromatic nitrogens is 3. The van der Waals surface area contributed by atoms with Gasteiger partial charge in [0.25, 0.3) is 0 Å². The van der Waals surface area contributed by atoms with Gasteiger partial charge >= 0.3 is 18.1 Å². The highest BCUT2D eigenvalue weighted by atomic mass is 19.1. The first-order valence-corrected chi connectivity index (χ1v) is 16.9. The molecule has 4 aliphatic rings. The number of piperazine rings is 1. The summed E-state index contributed by atoms with van der Waals surface area (Å²) >= 11 is 0. The summed E-state index contributed by atoms with van der Waals surface area (Å²) in [5, 5.41) is 2.02. The van der Waals surface area contributed by atoms with Gasteiger partial charge in [0, 0.05) is 38.7 Å². The summed E-state index contributed by atoms with van der Waals surface area (Å²) in [6, 6.07) is 12.1. The monoisotopic (exact) mass is 664 g/mol. The van der Waals surface area contributed by atoms with Crippen LogP contribution in [0.25, 0.3) is 10.8 Å². The number of carbonyl (C=O) groups excluding carboxylic acids is 1. The van der Waals surface area contributed by atoms with Gasteiger partial charge in [-0.25, -0.2) is 9.18 Å². The first-order valence-electron chi connectivity index (χ1n) is 16.9. The lowest BCUT2D eigenvalue weighted by Gasteiger charge is -2.41. The van der Waals surface area contributed by atoms with Crippen molar-refractivity contribution in [3.05, 3.63) is 42.0 Å². The van der Waals surface area contributed by atoms with Gasteiger partial charge in [-0.15, -0.1) is 4.98 Å². The van der Waals surface area contributed by atoms with E-state index in [1.54, 1.807) is 7.11 Å². The summed E-state index contributed by atoms with van der Waals surface area (Å²) in [5.74, 6) is 1.09. The number of benzene rings is 2. The van der Waals surface area contributed by atoms with Crippen molar-refractivity contribution in [2.75, 3.05) is 51.6 Å². The fraction of sp³-hybridized carbons (Fsp3) is 0.600. The predicted octanol–water partition coefficient (Wildman–Crippen LogP) is 5.13. The standard InChI is InChI=1S/C35H45FN6O6/c1-34(2,3)48-33(43)42-26-10-11-27(42)19-40(18-26)30-37-31(39-32(38-30)46-21-35-12-7-13-41(35)17-25(36)16-35)45-20-24-15-28(47-22-44-4)14-23-8-5-6-9-29(23)24/h5-6,8-9,14-15,25-27H,7,10-13,16-22H2,1-4H3/t25-,26-,27+,35+/m1/s1. The number of halogens is 1. The number of rotatable bonds is 10. The Bertz CT molecular complexity index is 1620. The SMILES string of the molecule is COCOc1cc(COc2nc(OC[C@@]34CCCN3C[C@H](F)C4)nc(N3C[C@H]4CC[C@@H](C3)N4C(=O)OC(C)(C)C)n2)c2ccccc2c1. The molecule has 0 radical (unpaired) electrons. The molecule has 4 atom stereocenters. The Morgan fingerprint density at radius 3 is 2.50 bits per heavy atom. The van der Waals surface area contributed by atoms with Crippen LogP contribution in [0.5, 0.6) is 17.8 Å². The quantitative estimate of drug-likeness (QED) is 0.269. The third kappa shape index (κ3) is 6.80. The molecule has 13 heteroatoms. The highest BCUT2D eigenvalue weighted by Crippen LogP contribution is 2.40. The summed E-state index contributed by atoms with van der Waals surface area (Å²) in [4.78, 5) is 33.3. The van der Waals surface area contributed by atoms with Crippen molar-refractivity contribution < 1.29 is 32.9 Å². The molecule has 0 aliphatic carbocycles. The summed E-state index contributed by atoms with van der Waals surface area (Å²) < 4.78 is 43.7. The molecule has 2 aromatic carbocycles. The van der Waals surface area contributed by atoms with E-state index in [-0.39, 0.29) is 55.7 Å². The zero-order chi connectivity index (χ0) is 33.5. The van der Waals surface area contributed by atoms with E-state index in [1.807, 2.05) is 62.1 Å². The minimum Gasteiger partial charge on any atom is -0.468 e. The molecule has 2 bridgehead atoms. The Labute approximate surface area is 280 Å². The van der Waals surface area contributed by atoms with Gasteiger partial charge in [0.15, 0.2) is 6.79 Å². The third-order valence-electron chi connectivity index (χ3n) is 9.80. The number of ether oxygens (including phenoxy) is 5. The zero-order valence-corrected chi connectivity index (χ0v) is 28.2. The van der Waals surface area contributed by atoms with Crippen molar-refractivity contribution in [3.8, 4) is 17.8 Å². The van der Waals surface area contributed by atoms with E-state index >= 15 is 0 Å². The van der Waals surface area contributed by atoms with Crippen molar-refractivity contribution in [3.63, 3.8) is 0 Å². The largest absolute Gasteiger partial charge is 0.468 e. The number of anilines is 1. The molecular weight excluding hydrogens is 619 g/mol. The third-order valence-corrected chi connectivity index (χ3v) is 9.80. The lowest BCUT2D eigenvalue weighted by Crippen LogP contribution is -2.57. The molecule has 4 aliphatic heterocycles. The van der Waals surface area contributed by atoms with E-state index in [0.29, 0.717) is 37.8 Å². The number of nitrogens with zero attached hydrogens (tertiary/aromatic N) is 6. The van der Waals surface area contributed by atoms with Crippen molar-refractivity contribution in [2.24, 2.45) is 0 Å². The van der Waals surface area contributed by atoms with Crippen LogP contribution in [0.4, 0.5) is 15.1 Å². The topological polar surface area (TPSA) is 112 Å². The number of hydrogen-bond donors (Lipinski definition) is 0. The number of methoxy groups -OCH3 is 1. The van der Waals surface area contributed by atoms with E-state index in [0.717, 1.165) is 48.6 Å². The van der Waals surface area contributed by atoms with Gasteiger partial charge in [0.05, 0.1) is 17.6 Å². The maximum Gasteiger partial charge on any atom is 0.410 e. The smallest absolute Gasteiger partial charge is 0.410 e. The fourth-order valence-electron chi connectivity index (χ4n) is 7.76.